The van der Waals surface area contributed by atoms with Gasteiger partial charge in [-0.1, -0.05) is 6.92 Å². The van der Waals surface area contributed by atoms with Crippen LogP contribution in [-0.4, -0.2) is 31.7 Å². The summed E-state index contributed by atoms with van der Waals surface area (Å²) in [5, 5.41) is 2.21. The summed E-state index contributed by atoms with van der Waals surface area (Å²) in [6.45, 7) is 4.02. The summed E-state index contributed by atoms with van der Waals surface area (Å²) in [4.78, 5) is 24.0. The third-order valence-electron chi connectivity index (χ3n) is 3.48. The van der Waals surface area contributed by atoms with Crippen molar-refractivity contribution in [2.45, 2.75) is 20.3 Å². The van der Waals surface area contributed by atoms with Crippen LogP contribution in [0.5, 0.6) is 11.5 Å². The molecule has 0 fully saturated rings. The second kappa shape index (κ2) is 10.2. The fraction of sp³-hybridized carbons (Fsp3) is 0.300. The van der Waals surface area contributed by atoms with Crippen molar-refractivity contribution in [3.8, 4) is 11.5 Å². The van der Waals surface area contributed by atoms with Gasteiger partial charge in [0.25, 0.3) is 5.91 Å². The molecule has 8 heteroatoms. The molecule has 0 aliphatic heterocycles. The Morgan fingerprint density at radius 3 is 2.46 bits per heavy atom. The Kier molecular flexibility index (Phi) is 7.74. The van der Waals surface area contributed by atoms with Gasteiger partial charge < -0.3 is 19.5 Å². The van der Waals surface area contributed by atoms with Crippen LogP contribution in [0.3, 0.4) is 0 Å². The molecule has 6 nitrogen and oxygen atoms in total. The van der Waals surface area contributed by atoms with E-state index in [1.807, 2.05) is 6.92 Å². The topological polar surface area (TPSA) is 73.9 Å². The number of ether oxygens (including phenoxy) is 3. The number of anilines is 1. The molecule has 0 heterocycles. The fourth-order valence-corrected chi connectivity index (χ4v) is 2.23. The van der Waals surface area contributed by atoms with E-state index in [0.29, 0.717) is 30.8 Å². The standard InChI is InChI=1S/C20H21F2NO5/c1-3-9-27-17-8-5-13(10-18(17)26-4-2)20(25)28-12-19(24)23-16-7-6-14(21)11-15(16)22/h5-8,10-11H,3-4,9,12H2,1-2H3,(H,23,24). The highest BCUT2D eigenvalue weighted by Gasteiger charge is 2.15. The van der Waals surface area contributed by atoms with Crippen LogP contribution in [0.4, 0.5) is 14.5 Å². The Morgan fingerprint density at radius 1 is 1.00 bits per heavy atom. The summed E-state index contributed by atoms with van der Waals surface area (Å²) in [5.74, 6) is -2.31. The van der Waals surface area contributed by atoms with Gasteiger partial charge in [0.2, 0.25) is 0 Å². The van der Waals surface area contributed by atoms with E-state index in [-0.39, 0.29) is 11.3 Å². The maximum absolute atomic E-state index is 13.5. The second-order valence-corrected chi connectivity index (χ2v) is 5.69. The number of carbonyl (C=O) groups excluding carboxylic acids is 2. The van der Waals surface area contributed by atoms with Crippen LogP contribution in [0, 0.1) is 11.6 Å². The molecule has 0 aliphatic carbocycles. The second-order valence-electron chi connectivity index (χ2n) is 5.69. The van der Waals surface area contributed by atoms with Gasteiger partial charge >= 0.3 is 5.97 Å². The summed E-state index contributed by atoms with van der Waals surface area (Å²) in [6, 6.07) is 7.27. The normalized spacial score (nSPS) is 10.3. The van der Waals surface area contributed by atoms with Crippen molar-refractivity contribution in [1.82, 2.24) is 0 Å². The zero-order valence-electron chi connectivity index (χ0n) is 15.6. The minimum atomic E-state index is -0.927. The Balaban J connectivity index is 1.97. The Labute approximate surface area is 161 Å². The van der Waals surface area contributed by atoms with Crippen molar-refractivity contribution in [3.05, 3.63) is 53.6 Å². The maximum atomic E-state index is 13.5. The Morgan fingerprint density at radius 2 is 1.79 bits per heavy atom. The van der Waals surface area contributed by atoms with Crippen LogP contribution in [0.25, 0.3) is 0 Å². The largest absolute Gasteiger partial charge is 0.490 e. The molecule has 0 saturated heterocycles. The highest BCUT2D eigenvalue weighted by molar-refractivity contribution is 5.95. The van der Waals surface area contributed by atoms with Gasteiger partial charge in [0.15, 0.2) is 18.1 Å². The van der Waals surface area contributed by atoms with Crippen LogP contribution < -0.4 is 14.8 Å². The van der Waals surface area contributed by atoms with Gasteiger partial charge in [-0.05, 0) is 43.7 Å². The fourth-order valence-electron chi connectivity index (χ4n) is 2.23. The number of halogens is 2. The van der Waals surface area contributed by atoms with E-state index in [0.717, 1.165) is 18.6 Å². The first-order valence-electron chi connectivity index (χ1n) is 8.76. The number of benzene rings is 2. The highest BCUT2D eigenvalue weighted by Crippen LogP contribution is 2.29. The monoisotopic (exact) mass is 393 g/mol. The number of rotatable bonds is 9. The van der Waals surface area contributed by atoms with Crippen LogP contribution in [0.2, 0.25) is 0 Å². The van der Waals surface area contributed by atoms with Gasteiger partial charge in [0, 0.05) is 6.07 Å². The SMILES string of the molecule is CCCOc1ccc(C(=O)OCC(=O)Nc2ccc(F)cc2F)cc1OCC. The molecule has 0 saturated carbocycles. The highest BCUT2D eigenvalue weighted by atomic mass is 19.1. The first kappa shape index (κ1) is 21.1. The van der Waals surface area contributed by atoms with Crippen LogP contribution in [0.1, 0.15) is 30.6 Å². The first-order valence-corrected chi connectivity index (χ1v) is 8.76. The minimum absolute atomic E-state index is 0.174. The molecule has 2 rings (SSSR count). The van der Waals surface area contributed by atoms with E-state index in [1.54, 1.807) is 13.0 Å². The maximum Gasteiger partial charge on any atom is 0.338 e. The molecule has 0 spiro atoms. The molecule has 0 aromatic heterocycles. The predicted molar refractivity (Wildman–Crippen MR) is 98.7 cm³/mol. The summed E-state index contributed by atoms with van der Waals surface area (Å²) >= 11 is 0. The van der Waals surface area contributed by atoms with E-state index in [2.05, 4.69) is 5.32 Å². The van der Waals surface area contributed by atoms with Gasteiger partial charge in [0.05, 0.1) is 24.5 Å². The summed E-state index contributed by atoms with van der Waals surface area (Å²) in [5.41, 5.74) is -0.0356. The van der Waals surface area contributed by atoms with Crippen molar-refractivity contribution in [2.24, 2.45) is 0 Å². The molecule has 0 unspecified atom stereocenters. The van der Waals surface area contributed by atoms with Crippen LogP contribution in [0.15, 0.2) is 36.4 Å². The van der Waals surface area contributed by atoms with E-state index >= 15 is 0 Å². The zero-order chi connectivity index (χ0) is 20.5. The number of carbonyl (C=O) groups is 2. The minimum Gasteiger partial charge on any atom is -0.490 e. The average molecular weight is 393 g/mol. The van der Waals surface area contributed by atoms with Crippen LogP contribution >= 0.6 is 0 Å². The first-order chi connectivity index (χ1) is 13.4. The van der Waals surface area contributed by atoms with Crippen molar-refractivity contribution in [3.63, 3.8) is 0 Å². The lowest BCUT2D eigenvalue weighted by Gasteiger charge is -2.13. The van der Waals surface area contributed by atoms with E-state index in [1.165, 1.54) is 12.1 Å². The van der Waals surface area contributed by atoms with Crippen molar-refractivity contribution in [1.29, 1.82) is 0 Å². The molecule has 1 N–H and O–H groups in total. The number of amides is 1. The molecular formula is C20H21F2NO5. The molecule has 0 bridgehead atoms. The van der Waals surface area contributed by atoms with Gasteiger partial charge in [-0.3, -0.25) is 4.79 Å². The molecular weight excluding hydrogens is 372 g/mol. The zero-order valence-corrected chi connectivity index (χ0v) is 15.6. The van der Waals surface area contributed by atoms with E-state index < -0.39 is 30.1 Å². The molecule has 2 aromatic carbocycles. The molecule has 0 aliphatic rings. The molecule has 2 aromatic rings. The number of nitrogens with one attached hydrogen (secondary N) is 1. The Bertz CT molecular complexity index is 841. The Hall–Kier alpha value is -3.16. The van der Waals surface area contributed by atoms with Crippen LogP contribution in [-0.2, 0) is 9.53 Å². The third-order valence-corrected chi connectivity index (χ3v) is 3.48. The lowest BCUT2D eigenvalue weighted by Crippen LogP contribution is -2.21. The number of hydrogen-bond acceptors (Lipinski definition) is 5. The lowest BCUT2D eigenvalue weighted by atomic mass is 10.2. The van der Waals surface area contributed by atoms with Crippen molar-refractivity contribution < 1.29 is 32.6 Å². The van der Waals surface area contributed by atoms with E-state index in [9.17, 15) is 18.4 Å². The van der Waals surface area contributed by atoms with Gasteiger partial charge in [-0.2, -0.15) is 0 Å². The van der Waals surface area contributed by atoms with Gasteiger partial charge in [0.1, 0.15) is 11.6 Å². The third kappa shape index (κ3) is 5.94. The molecule has 28 heavy (non-hydrogen) atoms. The molecule has 0 atom stereocenters. The average Bonchev–Trinajstić information content (AvgIpc) is 2.67. The lowest BCUT2D eigenvalue weighted by molar-refractivity contribution is -0.119. The summed E-state index contributed by atoms with van der Waals surface area (Å²) in [7, 11) is 0. The van der Waals surface area contributed by atoms with Gasteiger partial charge in [-0.15, -0.1) is 0 Å². The van der Waals surface area contributed by atoms with Crippen molar-refractivity contribution in [2.75, 3.05) is 25.1 Å². The summed E-state index contributed by atoms with van der Waals surface area (Å²) in [6.07, 6.45) is 0.819. The van der Waals surface area contributed by atoms with Crippen molar-refractivity contribution >= 4 is 17.6 Å². The summed E-state index contributed by atoms with van der Waals surface area (Å²) < 4.78 is 42.4. The molecule has 0 radical (unpaired) electrons. The van der Waals surface area contributed by atoms with E-state index in [4.69, 9.17) is 14.2 Å². The molecule has 1 amide bonds. The quantitative estimate of drug-likeness (QED) is 0.653. The molecule has 150 valence electrons. The number of hydrogen-bond donors (Lipinski definition) is 1. The smallest absolute Gasteiger partial charge is 0.338 e. The predicted octanol–water partition coefficient (Wildman–Crippen LogP) is 3.95. The van der Waals surface area contributed by atoms with Gasteiger partial charge in [-0.25, -0.2) is 13.6 Å². The number of esters is 1.